The fourth-order valence-electron chi connectivity index (χ4n) is 1.84. The SMILES string of the molecule is COc1ccc(Br)cc1CN(C)C(=O)c1csc(Br)c1. The van der Waals surface area contributed by atoms with Gasteiger partial charge in [0.25, 0.3) is 5.91 Å². The summed E-state index contributed by atoms with van der Waals surface area (Å²) in [6.07, 6.45) is 0. The molecule has 3 nitrogen and oxygen atoms in total. The number of benzene rings is 1. The van der Waals surface area contributed by atoms with Crippen LogP contribution in [0.4, 0.5) is 0 Å². The average molecular weight is 419 g/mol. The predicted molar refractivity (Wildman–Crippen MR) is 88.5 cm³/mol. The van der Waals surface area contributed by atoms with Crippen molar-refractivity contribution < 1.29 is 9.53 Å². The molecule has 0 radical (unpaired) electrons. The number of hydrogen-bond donors (Lipinski definition) is 0. The number of carbonyl (C=O) groups excluding carboxylic acids is 1. The second-order valence-electron chi connectivity index (χ2n) is 4.26. The summed E-state index contributed by atoms with van der Waals surface area (Å²) in [6, 6.07) is 7.60. The summed E-state index contributed by atoms with van der Waals surface area (Å²) >= 11 is 8.31. The molecule has 2 rings (SSSR count). The van der Waals surface area contributed by atoms with Crippen LogP contribution in [0.2, 0.25) is 0 Å². The second-order valence-corrected chi connectivity index (χ2v) is 7.46. The van der Waals surface area contributed by atoms with E-state index >= 15 is 0 Å². The molecule has 0 aliphatic heterocycles. The van der Waals surface area contributed by atoms with Gasteiger partial charge in [-0.3, -0.25) is 4.79 Å². The summed E-state index contributed by atoms with van der Waals surface area (Å²) in [5.41, 5.74) is 1.66. The Hall–Kier alpha value is -0.850. The first-order valence-corrected chi connectivity index (χ1v) is 8.29. The molecule has 1 aromatic carbocycles. The van der Waals surface area contributed by atoms with Crippen molar-refractivity contribution in [1.82, 2.24) is 4.90 Å². The molecule has 0 fully saturated rings. The van der Waals surface area contributed by atoms with E-state index in [1.54, 1.807) is 19.1 Å². The summed E-state index contributed by atoms with van der Waals surface area (Å²) in [7, 11) is 3.42. The molecule has 0 atom stereocenters. The summed E-state index contributed by atoms with van der Waals surface area (Å²) in [4.78, 5) is 14.0. The van der Waals surface area contributed by atoms with E-state index in [4.69, 9.17) is 4.74 Å². The van der Waals surface area contributed by atoms with E-state index in [1.165, 1.54) is 11.3 Å². The molecule has 20 heavy (non-hydrogen) atoms. The van der Waals surface area contributed by atoms with Crippen molar-refractivity contribution in [3.8, 4) is 5.75 Å². The molecule has 2 aromatic rings. The van der Waals surface area contributed by atoms with Crippen molar-refractivity contribution in [2.45, 2.75) is 6.54 Å². The minimum atomic E-state index is -0.00558. The summed E-state index contributed by atoms with van der Waals surface area (Å²) < 4.78 is 7.24. The van der Waals surface area contributed by atoms with Gasteiger partial charge in [-0.05, 0) is 40.2 Å². The van der Waals surface area contributed by atoms with Crippen molar-refractivity contribution in [1.29, 1.82) is 0 Å². The number of nitrogens with zero attached hydrogens (tertiary/aromatic N) is 1. The van der Waals surface area contributed by atoms with Crippen LogP contribution in [0.25, 0.3) is 0 Å². The average Bonchev–Trinajstić information content (AvgIpc) is 2.84. The van der Waals surface area contributed by atoms with E-state index in [0.29, 0.717) is 12.1 Å². The van der Waals surface area contributed by atoms with Gasteiger partial charge in [-0.2, -0.15) is 0 Å². The van der Waals surface area contributed by atoms with Gasteiger partial charge in [0.15, 0.2) is 0 Å². The van der Waals surface area contributed by atoms with Gasteiger partial charge in [0.1, 0.15) is 5.75 Å². The van der Waals surface area contributed by atoms with Crippen molar-refractivity contribution in [3.05, 3.63) is 49.0 Å². The zero-order chi connectivity index (χ0) is 14.7. The Morgan fingerprint density at radius 1 is 1.35 bits per heavy atom. The standard InChI is InChI=1S/C14H13Br2NO2S/c1-17(14(18)10-6-13(16)20-8-10)7-9-5-11(15)3-4-12(9)19-2/h3-6,8H,7H2,1-2H3. The first-order valence-electron chi connectivity index (χ1n) is 5.83. The van der Waals surface area contributed by atoms with Gasteiger partial charge in [-0.15, -0.1) is 11.3 Å². The van der Waals surface area contributed by atoms with Crippen LogP contribution < -0.4 is 4.74 Å². The third kappa shape index (κ3) is 3.62. The highest BCUT2D eigenvalue weighted by Crippen LogP contribution is 2.26. The van der Waals surface area contributed by atoms with E-state index in [1.807, 2.05) is 29.6 Å². The van der Waals surface area contributed by atoms with Crippen LogP contribution in [0.5, 0.6) is 5.75 Å². The van der Waals surface area contributed by atoms with Crippen molar-refractivity contribution in [2.24, 2.45) is 0 Å². The van der Waals surface area contributed by atoms with Crippen LogP contribution in [-0.2, 0) is 6.54 Å². The van der Waals surface area contributed by atoms with Crippen LogP contribution >= 0.6 is 43.2 Å². The molecule has 0 N–H and O–H groups in total. The van der Waals surface area contributed by atoms with Gasteiger partial charge in [0.2, 0.25) is 0 Å². The van der Waals surface area contributed by atoms with Crippen LogP contribution in [0.1, 0.15) is 15.9 Å². The lowest BCUT2D eigenvalue weighted by Crippen LogP contribution is -2.26. The van der Waals surface area contributed by atoms with Crippen LogP contribution in [-0.4, -0.2) is 25.0 Å². The molecule has 0 aliphatic rings. The third-order valence-electron chi connectivity index (χ3n) is 2.81. The zero-order valence-corrected chi connectivity index (χ0v) is 15.0. The Bertz CT molecular complexity index is 627. The zero-order valence-electron chi connectivity index (χ0n) is 11.0. The molecular weight excluding hydrogens is 406 g/mol. The predicted octanol–water partition coefficient (Wildman–Crippen LogP) is 4.55. The smallest absolute Gasteiger partial charge is 0.254 e. The first kappa shape index (κ1) is 15.5. The van der Waals surface area contributed by atoms with Gasteiger partial charge in [-0.25, -0.2) is 0 Å². The van der Waals surface area contributed by atoms with E-state index < -0.39 is 0 Å². The molecule has 0 spiro atoms. The molecular formula is C14H13Br2NO2S. The summed E-state index contributed by atoms with van der Waals surface area (Å²) in [5.74, 6) is 0.772. The maximum absolute atomic E-state index is 12.3. The molecule has 0 unspecified atom stereocenters. The Labute approximate surface area is 138 Å². The molecule has 1 aromatic heterocycles. The van der Waals surface area contributed by atoms with Gasteiger partial charge in [0, 0.05) is 29.0 Å². The number of carbonyl (C=O) groups is 1. The third-order valence-corrected chi connectivity index (χ3v) is 4.81. The monoisotopic (exact) mass is 417 g/mol. The van der Waals surface area contributed by atoms with Gasteiger partial charge in [0.05, 0.1) is 16.5 Å². The Morgan fingerprint density at radius 2 is 2.10 bits per heavy atom. The van der Waals surface area contributed by atoms with Gasteiger partial charge in [-0.1, -0.05) is 15.9 Å². The molecule has 6 heteroatoms. The highest BCUT2D eigenvalue weighted by Gasteiger charge is 2.15. The molecule has 1 heterocycles. The fourth-order valence-corrected chi connectivity index (χ4v) is 3.38. The number of hydrogen-bond acceptors (Lipinski definition) is 3. The number of rotatable bonds is 4. The van der Waals surface area contributed by atoms with Gasteiger partial charge >= 0.3 is 0 Å². The first-order chi connectivity index (χ1) is 9.51. The number of thiophene rings is 1. The molecule has 0 aliphatic carbocycles. The number of halogens is 2. The van der Waals surface area contributed by atoms with Crippen LogP contribution in [0.15, 0.2) is 37.9 Å². The Kier molecular flexibility index (Phi) is 5.23. The lowest BCUT2D eigenvalue weighted by molar-refractivity contribution is 0.0784. The van der Waals surface area contributed by atoms with E-state index in [0.717, 1.165) is 19.6 Å². The number of methoxy groups -OCH3 is 1. The second kappa shape index (κ2) is 6.74. The van der Waals surface area contributed by atoms with E-state index in [2.05, 4.69) is 31.9 Å². The quantitative estimate of drug-likeness (QED) is 0.728. The lowest BCUT2D eigenvalue weighted by atomic mass is 10.2. The van der Waals surface area contributed by atoms with Crippen molar-refractivity contribution in [2.75, 3.05) is 14.2 Å². The van der Waals surface area contributed by atoms with E-state index in [9.17, 15) is 4.79 Å². The van der Waals surface area contributed by atoms with Crippen molar-refractivity contribution in [3.63, 3.8) is 0 Å². The molecule has 0 saturated carbocycles. The lowest BCUT2D eigenvalue weighted by Gasteiger charge is -2.18. The number of ether oxygens (including phenoxy) is 1. The molecule has 1 amide bonds. The summed E-state index contributed by atoms with van der Waals surface area (Å²) in [6.45, 7) is 0.495. The maximum atomic E-state index is 12.3. The van der Waals surface area contributed by atoms with Gasteiger partial charge < -0.3 is 9.64 Å². The minimum Gasteiger partial charge on any atom is -0.496 e. The number of amides is 1. The largest absolute Gasteiger partial charge is 0.496 e. The van der Waals surface area contributed by atoms with Crippen LogP contribution in [0, 0.1) is 0 Å². The van der Waals surface area contributed by atoms with E-state index in [-0.39, 0.29) is 5.91 Å². The highest BCUT2D eigenvalue weighted by atomic mass is 79.9. The summed E-state index contributed by atoms with van der Waals surface area (Å²) in [5, 5.41) is 1.85. The minimum absolute atomic E-state index is 0.00558. The Morgan fingerprint density at radius 3 is 2.70 bits per heavy atom. The van der Waals surface area contributed by atoms with Crippen LogP contribution in [0.3, 0.4) is 0 Å². The maximum Gasteiger partial charge on any atom is 0.254 e. The topological polar surface area (TPSA) is 29.5 Å². The fraction of sp³-hybridized carbons (Fsp3) is 0.214. The van der Waals surface area contributed by atoms with Crippen molar-refractivity contribution >= 4 is 49.1 Å². The Balaban J connectivity index is 2.17. The highest BCUT2D eigenvalue weighted by molar-refractivity contribution is 9.11. The normalized spacial score (nSPS) is 10.4. The molecule has 0 saturated heterocycles. The molecule has 106 valence electrons. The molecule has 0 bridgehead atoms.